The summed E-state index contributed by atoms with van der Waals surface area (Å²) in [7, 11) is 0. The van der Waals surface area contributed by atoms with Crippen LogP contribution >= 0.6 is 11.3 Å². The number of nitrogens with one attached hydrogen (secondary N) is 1. The maximum Gasteiger partial charge on any atom is 0.226 e. The van der Waals surface area contributed by atoms with Crippen molar-refractivity contribution in [3.05, 3.63) is 28.8 Å². The summed E-state index contributed by atoms with van der Waals surface area (Å²) in [6.07, 6.45) is 4.45. The average molecular weight is 278 g/mol. The van der Waals surface area contributed by atoms with Gasteiger partial charge in [0.25, 0.3) is 0 Å². The minimum Gasteiger partial charge on any atom is -0.478 e. The van der Waals surface area contributed by atoms with Gasteiger partial charge in [-0.1, -0.05) is 6.92 Å². The van der Waals surface area contributed by atoms with E-state index in [4.69, 9.17) is 4.74 Å². The van der Waals surface area contributed by atoms with Crippen molar-refractivity contribution < 1.29 is 4.74 Å². The highest BCUT2D eigenvalue weighted by molar-refractivity contribution is 7.09. The molecule has 1 N–H and O–H groups in total. The van der Waals surface area contributed by atoms with Gasteiger partial charge >= 0.3 is 0 Å². The van der Waals surface area contributed by atoms with Gasteiger partial charge in [0, 0.05) is 23.8 Å². The molecule has 0 aliphatic carbocycles. The first-order chi connectivity index (χ1) is 9.12. The molecule has 0 aliphatic heterocycles. The van der Waals surface area contributed by atoms with Crippen LogP contribution in [-0.4, -0.2) is 21.6 Å². The number of rotatable bonds is 6. The van der Waals surface area contributed by atoms with Crippen LogP contribution in [0.4, 0.5) is 5.95 Å². The normalized spacial score (nSPS) is 11.3. The molecule has 0 saturated heterocycles. The third kappa shape index (κ3) is 3.64. The van der Waals surface area contributed by atoms with E-state index in [1.165, 1.54) is 0 Å². The molecule has 2 rings (SSSR count). The van der Waals surface area contributed by atoms with E-state index in [0.717, 1.165) is 11.4 Å². The molecule has 19 heavy (non-hydrogen) atoms. The van der Waals surface area contributed by atoms with Crippen LogP contribution in [0.25, 0.3) is 0 Å². The fourth-order valence-corrected chi connectivity index (χ4v) is 2.27. The molecule has 0 atom stereocenters. The van der Waals surface area contributed by atoms with Crippen molar-refractivity contribution in [2.45, 2.75) is 32.7 Å². The molecule has 0 fully saturated rings. The van der Waals surface area contributed by atoms with Crippen molar-refractivity contribution in [3.8, 4) is 5.88 Å². The van der Waals surface area contributed by atoms with Gasteiger partial charge in [-0.25, -0.2) is 9.97 Å². The molecule has 6 heteroatoms. The molecular weight excluding hydrogens is 260 g/mol. The van der Waals surface area contributed by atoms with E-state index in [-0.39, 0.29) is 5.54 Å². The standard InChI is InChI=1S/C13H18N4OS/c1-4-8-18-10-5-6-15-12(16-10)17-13(2,3)11-14-7-9-19-11/h5-7,9H,4,8H2,1-3H3,(H,15,16,17). The lowest BCUT2D eigenvalue weighted by Gasteiger charge is -2.23. The minimum absolute atomic E-state index is 0.308. The van der Waals surface area contributed by atoms with Gasteiger partial charge in [0.15, 0.2) is 0 Å². The number of thiazole rings is 1. The van der Waals surface area contributed by atoms with Gasteiger partial charge in [-0.2, -0.15) is 4.98 Å². The van der Waals surface area contributed by atoms with Gasteiger partial charge in [-0.3, -0.25) is 0 Å². The Labute approximate surface area is 117 Å². The summed E-state index contributed by atoms with van der Waals surface area (Å²) in [6, 6.07) is 1.76. The second-order valence-corrected chi connectivity index (χ2v) is 5.55. The first-order valence-electron chi connectivity index (χ1n) is 6.26. The smallest absolute Gasteiger partial charge is 0.226 e. The second kappa shape index (κ2) is 5.97. The summed E-state index contributed by atoms with van der Waals surface area (Å²) in [5.41, 5.74) is -0.308. The molecule has 0 radical (unpaired) electrons. The predicted octanol–water partition coefficient (Wildman–Crippen LogP) is 3.07. The molecule has 0 unspecified atom stereocenters. The molecule has 5 nitrogen and oxygen atoms in total. The molecule has 0 aliphatic rings. The zero-order chi connectivity index (χ0) is 13.7. The van der Waals surface area contributed by atoms with E-state index < -0.39 is 0 Å². The Bertz CT molecular complexity index is 513. The first kappa shape index (κ1) is 13.7. The highest BCUT2D eigenvalue weighted by atomic mass is 32.1. The van der Waals surface area contributed by atoms with E-state index in [2.05, 4.69) is 41.0 Å². The molecule has 2 aromatic heterocycles. The van der Waals surface area contributed by atoms with Gasteiger partial charge in [0.05, 0.1) is 12.1 Å². The largest absolute Gasteiger partial charge is 0.478 e. The molecule has 2 heterocycles. The molecular formula is C13H18N4OS. The first-order valence-corrected chi connectivity index (χ1v) is 7.14. The van der Waals surface area contributed by atoms with Crippen molar-refractivity contribution in [1.29, 1.82) is 0 Å². The summed E-state index contributed by atoms with van der Waals surface area (Å²) in [5.74, 6) is 1.14. The Morgan fingerprint density at radius 1 is 1.32 bits per heavy atom. The molecule has 0 amide bonds. The summed E-state index contributed by atoms with van der Waals surface area (Å²) in [6.45, 7) is 6.82. The molecule has 2 aromatic rings. The Morgan fingerprint density at radius 3 is 2.84 bits per heavy atom. The van der Waals surface area contributed by atoms with Crippen LogP contribution in [0.2, 0.25) is 0 Å². The summed E-state index contributed by atoms with van der Waals surface area (Å²) in [5, 5.41) is 6.24. The number of anilines is 1. The van der Waals surface area contributed by atoms with E-state index in [9.17, 15) is 0 Å². The summed E-state index contributed by atoms with van der Waals surface area (Å²) >= 11 is 1.61. The number of nitrogens with zero attached hydrogens (tertiary/aromatic N) is 3. The maximum absolute atomic E-state index is 5.50. The fourth-order valence-electron chi connectivity index (χ4n) is 1.55. The van der Waals surface area contributed by atoms with E-state index in [1.807, 2.05) is 5.38 Å². The molecule has 0 saturated carbocycles. The van der Waals surface area contributed by atoms with Gasteiger partial charge in [-0.15, -0.1) is 11.3 Å². The quantitative estimate of drug-likeness (QED) is 0.880. The van der Waals surface area contributed by atoms with E-state index in [0.29, 0.717) is 18.4 Å². The monoisotopic (exact) mass is 278 g/mol. The lowest BCUT2D eigenvalue weighted by Crippen LogP contribution is -2.28. The van der Waals surface area contributed by atoms with Crippen LogP contribution in [0.1, 0.15) is 32.2 Å². The second-order valence-electron chi connectivity index (χ2n) is 4.65. The highest BCUT2D eigenvalue weighted by Gasteiger charge is 2.24. The van der Waals surface area contributed by atoms with Crippen molar-refractivity contribution in [3.63, 3.8) is 0 Å². The molecule has 0 aromatic carbocycles. The Kier molecular flexibility index (Phi) is 4.31. The van der Waals surface area contributed by atoms with Crippen LogP contribution in [0, 0.1) is 0 Å². The van der Waals surface area contributed by atoms with E-state index >= 15 is 0 Å². The van der Waals surface area contributed by atoms with Crippen LogP contribution in [0.3, 0.4) is 0 Å². The zero-order valence-corrected chi connectivity index (χ0v) is 12.2. The van der Waals surface area contributed by atoms with Crippen LogP contribution in [-0.2, 0) is 5.54 Å². The minimum atomic E-state index is -0.308. The Balaban J connectivity index is 2.10. The van der Waals surface area contributed by atoms with Crippen LogP contribution in [0.15, 0.2) is 23.8 Å². The van der Waals surface area contributed by atoms with E-state index in [1.54, 1.807) is 29.8 Å². The average Bonchev–Trinajstić information content (AvgIpc) is 2.91. The van der Waals surface area contributed by atoms with Crippen molar-refractivity contribution in [2.75, 3.05) is 11.9 Å². The SMILES string of the molecule is CCCOc1ccnc(NC(C)(C)c2nccs2)n1. The van der Waals surface area contributed by atoms with Gasteiger partial charge in [-0.05, 0) is 20.3 Å². The predicted molar refractivity (Wildman–Crippen MR) is 76.6 cm³/mol. The fraction of sp³-hybridized carbons (Fsp3) is 0.462. The van der Waals surface area contributed by atoms with Crippen molar-refractivity contribution in [2.24, 2.45) is 0 Å². The number of ether oxygens (including phenoxy) is 1. The molecule has 0 spiro atoms. The van der Waals surface area contributed by atoms with Gasteiger partial charge < -0.3 is 10.1 Å². The highest BCUT2D eigenvalue weighted by Crippen LogP contribution is 2.26. The van der Waals surface area contributed by atoms with Gasteiger partial charge in [0.1, 0.15) is 5.01 Å². The number of hydrogen-bond donors (Lipinski definition) is 1. The lowest BCUT2D eigenvalue weighted by molar-refractivity contribution is 0.305. The summed E-state index contributed by atoms with van der Waals surface area (Å²) < 4.78 is 5.50. The third-order valence-corrected chi connectivity index (χ3v) is 3.57. The summed E-state index contributed by atoms with van der Waals surface area (Å²) in [4.78, 5) is 12.9. The number of hydrogen-bond acceptors (Lipinski definition) is 6. The lowest BCUT2D eigenvalue weighted by atomic mass is 10.1. The maximum atomic E-state index is 5.50. The van der Waals surface area contributed by atoms with Crippen molar-refractivity contribution in [1.82, 2.24) is 15.0 Å². The topological polar surface area (TPSA) is 59.9 Å². The number of aromatic nitrogens is 3. The molecule has 0 bridgehead atoms. The third-order valence-electron chi connectivity index (χ3n) is 2.48. The van der Waals surface area contributed by atoms with Crippen LogP contribution in [0.5, 0.6) is 5.88 Å². The van der Waals surface area contributed by atoms with Gasteiger partial charge in [0.2, 0.25) is 11.8 Å². The van der Waals surface area contributed by atoms with Crippen LogP contribution < -0.4 is 10.1 Å². The molecule has 102 valence electrons. The zero-order valence-electron chi connectivity index (χ0n) is 11.4. The Morgan fingerprint density at radius 2 is 2.16 bits per heavy atom. The Hall–Kier alpha value is -1.69. The van der Waals surface area contributed by atoms with Crippen molar-refractivity contribution >= 4 is 17.3 Å².